The third kappa shape index (κ3) is 6.49. The first kappa shape index (κ1) is 23.2. The van der Waals surface area contributed by atoms with Gasteiger partial charge in [0.2, 0.25) is 10.0 Å². The van der Waals surface area contributed by atoms with E-state index >= 15 is 0 Å². The summed E-state index contributed by atoms with van der Waals surface area (Å²) < 4.78 is 75.8. The monoisotopic (exact) mass is 448 g/mol. The highest BCUT2D eigenvalue weighted by atomic mass is 32.2. The van der Waals surface area contributed by atoms with Gasteiger partial charge in [-0.15, -0.1) is 0 Å². The van der Waals surface area contributed by atoms with E-state index in [0.717, 1.165) is 28.1 Å². The minimum atomic E-state index is -5.20. The van der Waals surface area contributed by atoms with E-state index in [1.165, 1.54) is 11.6 Å². The third-order valence-electron chi connectivity index (χ3n) is 3.74. The predicted octanol–water partition coefficient (Wildman–Crippen LogP) is 1.51. The van der Waals surface area contributed by atoms with Crippen molar-refractivity contribution in [3.05, 3.63) is 65.2 Å². The molecule has 0 aliphatic rings. The van der Waals surface area contributed by atoms with Crippen LogP contribution < -0.4 is 10.9 Å². The summed E-state index contributed by atoms with van der Waals surface area (Å²) in [5.41, 5.74) is 2.64. The van der Waals surface area contributed by atoms with Crippen molar-refractivity contribution in [2.75, 3.05) is 6.26 Å². The molecular formula is C17H16F4N4O4S. The number of hydrogen-bond acceptors (Lipinski definition) is 5. The van der Waals surface area contributed by atoms with Gasteiger partial charge in [0.05, 0.1) is 18.5 Å². The summed E-state index contributed by atoms with van der Waals surface area (Å²) in [7, 11) is -3.74. The number of amides is 2. The summed E-state index contributed by atoms with van der Waals surface area (Å²) in [4.78, 5) is 26.5. The quantitative estimate of drug-likeness (QED) is 0.515. The molecule has 0 bridgehead atoms. The van der Waals surface area contributed by atoms with Crippen LogP contribution in [0.25, 0.3) is 0 Å². The molecule has 13 heteroatoms. The predicted molar refractivity (Wildman–Crippen MR) is 96.4 cm³/mol. The fourth-order valence-corrected chi connectivity index (χ4v) is 2.97. The van der Waals surface area contributed by atoms with Gasteiger partial charge in [-0.05, 0) is 24.3 Å². The van der Waals surface area contributed by atoms with Gasteiger partial charge in [-0.25, -0.2) is 12.8 Å². The number of hydrazine groups is 1. The zero-order chi connectivity index (χ0) is 22.5. The molecule has 0 fully saturated rings. The van der Waals surface area contributed by atoms with Crippen molar-refractivity contribution in [3.63, 3.8) is 0 Å². The third-order valence-corrected chi connectivity index (χ3v) is 4.94. The molecule has 2 N–H and O–H groups in total. The molecule has 0 spiro atoms. The van der Waals surface area contributed by atoms with Crippen molar-refractivity contribution >= 4 is 21.8 Å². The SMILES string of the molecule is CS(=O)(=O)N(Cc1ccccn1)Cc1ccc(C(=O)NNC(=O)C(F)(F)F)cc1F. The van der Waals surface area contributed by atoms with Crippen LogP contribution in [-0.4, -0.2) is 42.0 Å². The molecular weight excluding hydrogens is 432 g/mol. The second-order valence-corrected chi connectivity index (χ2v) is 8.05. The van der Waals surface area contributed by atoms with E-state index in [-0.39, 0.29) is 24.2 Å². The molecule has 2 aromatic rings. The number of aromatic nitrogens is 1. The molecule has 162 valence electrons. The first-order chi connectivity index (χ1) is 13.9. The Balaban J connectivity index is 2.13. The van der Waals surface area contributed by atoms with Gasteiger partial charge in [-0.2, -0.15) is 17.5 Å². The Morgan fingerprint density at radius 2 is 1.80 bits per heavy atom. The van der Waals surface area contributed by atoms with Crippen molar-refractivity contribution in [2.45, 2.75) is 19.3 Å². The van der Waals surface area contributed by atoms with Gasteiger partial charge in [0.1, 0.15) is 5.82 Å². The first-order valence-corrected chi connectivity index (χ1v) is 10.0. The summed E-state index contributed by atoms with van der Waals surface area (Å²) >= 11 is 0. The fraction of sp³-hybridized carbons (Fsp3) is 0.235. The maximum atomic E-state index is 14.4. The molecule has 0 aliphatic heterocycles. The lowest BCUT2D eigenvalue weighted by atomic mass is 10.1. The molecule has 1 aromatic heterocycles. The molecule has 2 rings (SSSR count). The summed E-state index contributed by atoms with van der Waals surface area (Å²) in [6.07, 6.45) is -2.79. The van der Waals surface area contributed by atoms with Gasteiger partial charge >= 0.3 is 12.1 Å². The minimum Gasteiger partial charge on any atom is -0.267 e. The Morgan fingerprint density at radius 1 is 1.10 bits per heavy atom. The lowest BCUT2D eigenvalue weighted by Gasteiger charge is -2.20. The maximum absolute atomic E-state index is 14.4. The number of sulfonamides is 1. The number of nitrogens with one attached hydrogen (secondary N) is 2. The Bertz CT molecular complexity index is 1030. The molecule has 0 aliphatic carbocycles. The van der Waals surface area contributed by atoms with E-state index in [1.54, 1.807) is 18.2 Å². The number of pyridine rings is 1. The van der Waals surface area contributed by atoms with Crippen LogP contribution in [0.5, 0.6) is 0 Å². The van der Waals surface area contributed by atoms with E-state index in [9.17, 15) is 35.6 Å². The van der Waals surface area contributed by atoms with Gasteiger partial charge in [0, 0.05) is 23.9 Å². The Kier molecular flexibility index (Phi) is 7.10. The Morgan fingerprint density at radius 3 is 2.33 bits per heavy atom. The van der Waals surface area contributed by atoms with E-state index in [4.69, 9.17) is 0 Å². The van der Waals surface area contributed by atoms with E-state index < -0.39 is 33.8 Å². The fourth-order valence-electron chi connectivity index (χ4n) is 2.23. The van der Waals surface area contributed by atoms with E-state index in [1.807, 2.05) is 0 Å². The topological polar surface area (TPSA) is 108 Å². The average molecular weight is 448 g/mol. The molecule has 0 atom stereocenters. The summed E-state index contributed by atoms with van der Waals surface area (Å²) in [5.74, 6) is -4.54. The van der Waals surface area contributed by atoms with Crippen LogP contribution in [0.2, 0.25) is 0 Å². The molecule has 0 unspecified atom stereocenters. The number of halogens is 4. The van der Waals surface area contributed by atoms with Crippen molar-refractivity contribution in [1.82, 2.24) is 20.1 Å². The lowest BCUT2D eigenvalue weighted by Crippen LogP contribution is -2.47. The van der Waals surface area contributed by atoms with Crippen LogP contribution in [0.4, 0.5) is 17.6 Å². The lowest BCUT2D eigenvalue weighted by molar-refractivity contribution is -0.174. The smallest absolute Gasteiger partial charge is 0.267 e. The van der Waals surface area contributed by atoms with Crippen molar-refractivity contribution in [1.29, 1.82) is 0 Å². The van der Waals surface area contributed by atoms with Gasteiger partial charge in [0.25, 0.3) is 5.91 Å². The Labute approximate surface area is 168 Å². The van der Waals surface area contributed by atoms with Crippen LogP contribution in [-0.2, 0) is 27.9 Å². The number of carbonyl (C=O) groups is 2. The first-order valence-electron chi connectivity index (χ1n) is 8.19. The zero-order valence-electron chi connectivity index (χ0n) is 15.4. The highest BCUT2D eigenvalue weighted by molar-refractivity contribution is 7.88. The molecule has 0 saturated heterocycles. The number of benzene rings is 1. The van der Waals surface area contributed by atoms with Crippen LogP contribution >= 0.6 is 0 Å². The normalized spacial score (nSPS) is 11.9. The summed E-state index contributed by atoms with van der Waals surface area (Å²) in [6.45, 7) is -0.487. The van der Waals surface area contributed by atoms with Crippen LogP contribution in [0.15, 0.2) is 42.6 Å². The average Bonchev–Trinajstić information content (AvgIpc) is 2.65. The second-order valence-electron chi connectivity index (χ2n) is 6.06. The summed E-state index contributed by atoms with van der Waals surface area (Å²) in [6, 6.07) is 7.81. The number of rotatable bonds is 6. The van der Waals surface area contributed by atoms with Crippen LogP contribution in [0.3, 0.4) is 0 Å². The summed E-state index contributed by atoms with van der Waals surface area (Å²) in [5, 5.41) is 0. The van der Waals surface area contributed by atoms with Gasteiger partial charge < -0.3 is 0 Å². The van der Waals surface area contributed by atoms with E-state index in [0.29, 0.717) is 11.8 Å². The van der Waals surface area contributed by atoms with Crippen molar-refractivity contribution in [2.24, 2.45) is 0 Å². The van der Waals surface area contributed by atoms with Gasteiger partial charge in [-0.3, -0.25) is 25.4 Å². The van der Waals surface area contributed by atoms with Gasteiger partial charge in [0.15, 0.2) is 0 Å². The minimum absolute atomic E-state index is 0.0766. The van der Waals surface area contributed by atoms with Crippen LogP contribution in [0, 0.1) is 5.82 Å². The number of nitrogens with zero attached hydrogens (tertiary/aromatic N) is 2. The highest BCUT2D eigenvalue weighted by Gasteiger charge is 2.39. The largest absolute Gasteiger partial charge is 0.472 e. The molecule has 2 amide bonds. The molecule has 1 heterocycles. The maximum Gasteiger partial charge on any atom is 0.472 e. The molecule has 8 nitrogen and oxygen atoms in total. The highest BCUT2D eigenvalue weighted by Crippen LogP contribution is 2.17. The zero-order valence-corrected chi connectivity index (χ0v) is 16.2. The molecule has 0 radical (unpaired) electrons. The second kappa shape index (κ2) is 9.17. The molecule has 1 aromatic carbocycles. The molecule has 30 heavy (non-hydrogen) atoms. The van der Waals surface area contributed by atoms with Crippen molar-refractivity contribution in [3.8, 4) is 0 Å². The Hall–Kier alpha value is -3.06. The number of hydrogen-bond donors (Lipinski definition) is 2. The van der Waals surface area contributed by atoms with Gasteiger partial charge in [-0.1, -0.05) is 12.1 Å². The number of alkyl halides is 3. The van der Waals surface area contributed by atoms with E-state index in [2.05, 4.69) is 4.98 Å². The van der Waals surface area contributed by atoms with Crippen molar-refractivity contribution < 1.29 is 35.6 Å². The van der Waals surface area contributed by atoms with Crippen LogP contribution in [0.1, 0.15) is 21.6 Å². The molecule has 0 saturated carbocycles. The standard InChI is InChI=1S/C17H16F4N4O4S/c1-30(28,29)25(10-13-4-2-3-7-22-13)9-12-6-5-11(8-14(12)18)15(26)23-24-16(27)17(19,20)21/h2-8H,9-10H2,1H3,(H,23,26)(H,24,27). The number of carbonyl (C=O) groups excluding carboxylic acids is 2.